The van der Waals surface area contributed by atoms with E-state index >= 15 is 0 Å². The topological polar surface area (TPSA) is 46.0 Å². The molecular formula is C15H14N2OS. The van der Waals surface area contributed by atoms with Gasteiger partial charge in [0.25, 0.3) is 0 Å². The maximum absolute atomic E-state index is 10.3. The number of fused-ring (bicyclic) bond motifs is 1. The first-order chi connectivity index (χ1) is 9.24. The van der Waals surface area contributed by atoms with Gasteiger partial charge >= 0.3 is 0 Å². The minimum absolute atomic E-state index is 0.551. The molecule has 0 saturated carbocycles. The number of aliphatic hydroxyl groups is 1. The number of thiazole rings is 1. The van der Waals surface area contributed by atoms with Gasteiger partial charge in [-0.05, 0) is 24.6 Å². The van der Waals surface area contributed by atoms with Crippen molar-refractivity contribution in [2.24, 2.45) is 0 Å². The molecule has 4 heteroatoms. The van der Waals surface area contributed by atoms with Crippen LogP contribution in [-0.2, 0) is 6.42 Å². The fourth-order valence-electron chi connectivity index (χ4n) is 2.15. The largest absolute Gasteiger partial charge is 0.386 e. The molecule has 1 aromatic carbocycles. The standard InChI is InChI=1S/C15H14N2OS/c1-10-9-19-15(17-10)14(18)8-11-6-7-16-13-5-3-2-4-12(11)13/h2-7,9,14,18H,8H2,1H3. The maximum atomic E-state index is 10.3. The fraction of sp³-hybridized carbons (Fsp3) is 0.200. The van der Waals surface area contributed by atoms with E-state index in [-0.39, 0.29) is 0 Å². The predicted octanol–water partition coefficient (Wildman–Crippen LogP) is 3.28. The number of aryl methyl sites for hydroxylation is 1. The number of para-hydroxylation sites is 1. The van der Waals surface area contributed by atoms with E-state index in [1.165, 1.54) is 11.3 Å². The number of pyridine rings is 1. The highest BCUT2D eigenvalue weighted by Gasteiger charge is 2.13. The molecule has 1 atom stereocenters. The molecule has 1 N–H and O–H groups in total. The van der Waals surface area contributed by atoms with Crippen LogP contribution in [0.2, 0.25) is 0 Å². The molecule has 0 aliphatic carbocycles. The molecule has 0 aliphatic heterocycles. The minimum atomic E-state index is -0.551. The summed E-state index contributed by atoms with van der Waals surface area (Å²) in [4.78, 5) is 8.67. The van der Waals surface area contributed by atoms with Crippen molar-refractivity contribution in [1.29, 1.82) is 0 Å². The molecule has 2 aromatic heterocycles. The zero-order valence-electron chi connectivity index (χ0n) is 10.6. The van der Waals surface area contributed by atoms with Crippen LogP contribution in [0, 0.1) is 6.92 Å². The van der Waals surface area contributed by atoms with Gasteiger partial charge in [0.1, 0.15) is 11.1 Å². The predicted molar refractivity (Wildman–Crippen MR) is 77.3 cm³/mol. The van der Waals surface area contributed by atoms with Crippen LogP contribution >= 0.6 is 11.3 Å². The lowest BCUT2D eigenvalue weighted by molar-refractivity contribution is 0.178. The molecule has 0 aliphatic rings. The first-order valence-electron chi connectivity index (χ1n) is 6.17. The molecule has 0 radical (unpaired) electrons. The van der Waals surface area contributed by atoms with Gasteiger partial charge in [0.05, 0.1) is 5.52 Å². The summed E-state index contributed by atoms with van der Waals surface area (Å²) in [6.07, 6.45) is 1.80. The van der Waals surface area contributed by atoms with E-state index in [9.17, 15) is 5.11 Å². The molecule has 3 aromatic rings. The second kappa shape index (κ2) is 5.07. The highest BCUT2D eigenvalue weighted by Crippen LogP contribution is 2.25. The summed E-state index contributed by atoms with van der Waals surface area (Å²) in [7, 11) is 0. The van der Waals surface area contributed by atoms with Crippen LogP contribution in [0.3, 0.4) is 0 Å². The Bertz CT molecular complexity index is 703. The van der Waals surface area contributed by atoms with E-state index in [0.29, 0.717) is 6.42 Å². The molecule has 0 fully saturated rings. The van der Waals surface area contributed by atoms with Gasteiger partial charge in [-0.25, -0.2) is 4.98 Å². The van der Waals surface area contributed by atoms with E-state index in [1.54, 1.807) is 6.20 Å². The number of nitrogens with zero attached hydrogens (tertiary/aromatic N) is 2. The molecular weight excluding hydrogens is 256 g/mol. The summed E-state index contributed by atoms with van der Waals surface area (Å²) in [6.45, 7) is 1.94. The van der Waals surface area contributed by atoms with E-state index in [4.69, 9.17) is 0 Å². The van der Waals surface area contributed by atoms with Crippen molar-refractivity contribution >= 4 is 22.2 Å². The normalized spacial score (nSPS) is 12.7. The highest BCUT2D eigenvalue weighted by molar-refractivity contribution is 7.09. The smallest absolute Gasteiger partial charge is 0.122 e. The van der Waals surface area contributed by atoms with Crippen molar-refractivity contribution in [2.75, 3.05) is 0 Å². The number of hydrogen-bond donors (Lipinski definition) is 1. The van der Waals surface area contributed by atoms with Gasteiger partial charge in [-0.2, -0.15) is 0 Å². The van der Waals surface area contributed by atoms with Gasteiger partial charge in [-0.3, -0.25) is 4.98 Å². The van der Waals surface area contributed by atoms with Crippen molar-refractivity contribution in [2.45, 2.75) is 19.4 Å². The Morgan fingerprint density at radius 2 is 2.11 bits per heavy atom. The van der Waals surface area contributed by atoms with Crippen LogP contribution in [-0.4, -0.2) is 15.1 Å². The van der Waals surface area contributed by atoms with Crippen LogP contribution in [0.25, 0.3) is 10.9 Å². The second-order valence-corrected chi connectivity index (χ2v) is 5.42. The van der Waals surface area contributed by atoms with Gasteiger partial charge in [0.2, 0.25) is 0 Å². The molecule has 0 spiro atoms. The molecule has 19 heavy (non-hydrogen) atoms. The molecule has 3 rings (SSSR count). The SMILES string of the molecule is Cc1csc(C(O)Cc2ccnc3ccccc23)n1. The second-order valence-electron chi connectivity index (χ2n) is 4.53. The van der Waals surface area contributed by atoms with Gasteiger partial charge in [-0.15, -0.1) is 11.3 Å². The van der Waals surface area contributed by atoms with Crippen molar-refractivity contribution in [3.63, 3.8) is 0 Å². The molecule has 0 bridgehead atoms. The molecule has 1 unspecified atom stereocenters. The van der Waals surface area contributed by atoms with Crippen LogP contribution in [0.5, 0.6) is 0 Å². The third kappa shape index (κ3) is 2.50. The Morgan fingerprint density at radius 1 is 1.26 bits per heavy atom. The van der Waals surface area contributed by atoms with E-state index in [0.717, 1.165) is 27.2 Å². The summed E-state index contributed by atoms with van der Waals surface area (Å²) in [5.41, 5.74) is 3.02. The summed E-state index contributed by atoms with van der Waals surface area (Å²) in [6, 6.07) is 9.95. The van der Waals surface area contributed by atoms with Crippen LogP contribution in [0.4, 0.5) is 0 Å². The highest BCUT2D eigenvalue weighted by atomic mass is 32.1. The summed E-state index contributed by atoms with van der Waals surface area (Å²) < 4.78 is 0. The molecule has 2 heterocycles. The van der Waals surface area contributed by atoms with Crippen LogP contribution in [0.15, 0.2) is 41.9 Å². The first kappa shape index (κ1) is 12.3. The van der Waals surface area contributed by atoms with E-state index in [1.807, 2.05) is 42.6 Å². The third-order valence-electron chi connectivity index (χ3n) is 3.07. The Labute approximate surface area is 115 Å². The fourth-order valence-corrected chi connectivity index (χ4v) is 2.94. The zero-order valence-corrected chi connectivity index (χ0v) is 11.4. The molecule has 0 amide bonds. The van der Waals surface area contributed by atoms with Gasteiger partial charge < -0.3 is 5.11 Å². The van der Waals surface area contributed by atoms with Gasteiger partial charge in [0, 0.05) is 29.1 Å². The Morgan fingerprint density at radius 3 is 2.89 bits per heavy atom. The third-order valence-corrected chi connectivity index (χ3v) is 4.14. The van der Waals surface area contributed by atoms with Crippen LogP contribution < -0.4 is 0 Å². The Kier molecular flexibility index (Phi) is 3.27. The summed E-state index contributed by atoms with van der Waals surface area (Å²) in [5, 5.41) is 14.1. The number of aromatic nitrogens is 2. The average molecular weight is 270 g/mol. The number of hydrogen-bond acceptors (Lipinski definition) is 4. The van der Waals surface area contributed by atoms with E-state index < -0.39 is 6.10 Å². The monoisotopic (exact) mass is 270 g/mol. The molecule has 3 nitrogen and oxygen atoms in total. The molecule has 0 saturated heterocycles. The number of benzene rings is 1. The summed E-state index contributed by atoms with van der Waals surface area (Å²) in [5.74, 6) is 0. The summed E-state index contributed by atoms with van der Waals surface area (Å²) >= 11 is 1.51. The quantitative estimate of drug-likeness (QED) is 0.794. The lowest BCUT2D eigenvalue weighted by Gasteiger charge is -2.10. The van der Waals surface area contributed by atoms with Gasteiger partial charge in [0.15, 0.2) is 0 Å². The number of rotatable bonds is 3. The lowest BCUT2D eigenvalue weighted by Crippen LogP contribution is -2.02. The van der Waals surface area contributed by atoms with Gasteiger partial charge in [-0.1, -0.05) is 18.2 Å². The van der Waals surface area contributed by atoms with E-state index in [2.05, 4.69) is 9.97 Å². The lowest BCUT2D eigenvalue weighted by atomic mass is 10.0. The Balaban J connectivity index is 1.93. The van der Waals surface area contributed by atoms with Crippen LogP contribution in [0.1, 0.15) is 22.4 Å². The maximum Gasteiger partial charge on any atom is 0.122 e. The average Bonchev–Trinajstić information content (AvgIpc) is 2.86. The van der Waals surface area contributed by atoms with Crippen molar-refractivity contribution in [3.8, 4) is 0 Å². The number of aliphatic hydroxyl groups excluding tert-OH is 1. The first-order valence-corrected chi connectivity index (χ1v) is 7.05. The van der Waals surface area contributed by atoms with Crippen molar-refractivity contribution in [3.05, 3.63) is 58.2 Å². The Hall–Kier alpha value is -1.78. The zero-order chi connectivity index (χ0) is 13.2. The van der Waals surface area contributed by atoms with Crippen molar-refractivity contribution < 1.29 is 5.11 Å². The minimum Gasteiger partial charge on any atom is -0.386 e. The molecule has 96 valence electrons. The van der Waals surface area contributed by atoms with Crippen molar-refractivity contribution in [1.82, 2.24) is 9.97 Å².